The van der Waals surface area contributed by atoms with Gasteiger partial charge in [0.05, 0.1) is 27.5 Å². The summed E-state index contributed by atoms with van der Waals surface area (Å²) < 4.78 is 0. The molecule has 4 nitrogen and oxygen atoms in total. The quantitative estimate of drug-likeness (QED) is 0.751. The number of hydrogen-bond donors (Lipinski definition) is 1. The molecule has 25 heavy (non-hydrogen) atoms. The average molecular weight is 373 g/mol. The molecular weight excluding hydrogens is 352 g/mol. The van der Waals surface area contributed by atoms with Crippen LogP contribution in [0.2, 0.25) is 0 Å². The molecule has 1 aliphatic heterocycles. The number of aromatic nitrogens is 2. The highest BCUT2D eigenvalue weighted by molar-refractivity contribution is 7.09. The fraction of sp³-hybridized carbons (Fsp3) is 0.316. The lowest BCUT2D eigenvalue weighted by Crippen LogP contribution is -2.42. The second kappa shape index (κ2) is 8.52. The van der Waals surface area contributed by atoms with E-state index in [2.05, 4.69) is 46.7 Å². The molecule has 0 saturated carbocycles. The highest BCUT2D eigenvalue weighted by Crippen LogP contribution is 2.27. The van der Waals surface area contributed by atoms with E-state index < -0.39 is 0 Å². The zero-order valence-electron chi connectivity index (χ0n) is 14.0. The van der Waals surface area contributed by atoms with Gasteiger partial charge in [0.1, 0.15) is 0 Å². The SMILES string of the molecule is C=CN=C(C(=C)Cl)C1CCCC(c2cccc(Cc3nccs3)n2)N1. The maximum atomic E-state index is 6.12. The van der Waals surface area contributed by atoms with Gasteiger partial charge < -0.3 is 5.32 Å². The molecular formula is C19H21ClN4S. The Morgan fingerprint density at radius 2 is 2.32 bits per heavy atom. The Kier molecular flexibility index (Phi) is 6.13. The molecule has 2 atom stereocenters. The van der Waals surface area contributed by atoms with Gasteiger partial charge in [-0.2, -0.15) is 0 Å². The third-order valence-corrected chi connectivity index (χ3v) is 5.20. The zero-order valence-corrected chi connectivity index (χ0v) is 15.6. The molecule has 2 unspecified atom stereocenters. The van der Waals surface area contributed by atoms with Gasteiger partial charge in [-0.25, -0.2) is 4.98 Å². The lowest BCUT2D eigenvalue weighted by Gasteiger charge is -2.31. The van der Waals surface area contributed by atoms with Crippen molar-refractivity contribution in [1.82, 2.24) is 15.3 Å². The lowest BCUT2D eigenvalue weighted by atomic mass is 9.93. The Labute approximate surface area is 157 Å². The van der Waals surface area contributed by atoms with Crippen molar-refractivity contribution in [1.29, 1.82) is 0 Å². The largest absolute Gasteiger partial charge is 0.300 e. The first-order valence-electron chi connectivity index (χ1n) is 8.31. The third-order valence-electron chi connectivity index (χ3n) is 4.23. The van der Waals surface area contributed by atoms with Gasteiger partial charge in [0.25, 0.3) is 0 Å². The number of rotatable bonds is 6. The highest BCUT2D eigenvalue weighted by atomic mass is 35.5. The molecule has 1 N–H and O–H groups in total. The van der Waals surface area contributed by atoms with Crippen LogP contribution in [0.1, 0.15) is 41.7 Å². The second-order valence-electron chi connectivity index (χ2n) is 5.96. The molecule has 0 aromatic carbocycles. The molecule has 3 rings (SSSR count). The lowest BCUT2D eigenvalue weighted by molar-refractivity contribution is 0.370. The number of halogens is 1. The van der Waals surface area contributed by atoms with Crippen molar-refractivity contribution in [3.05, 3.63) is 70.6 Å². The Morgan fingerprint density at radius 3 is 3.04 bits per heavy atom. The van der Waals surface area contributed by atoms with Crippen LogP contribution >= 0.6 is 22.9 Å². The maximum absolute atomic E-state index is 6.12. The predicted molar refractivity (Wildman–Crippen MR) is 105 cm³/mol. The van der Waals surface area contributed by atoms with Crippen molar-refractivity contribution in [2.45, 2.75) is 37.8 Å². The number of nitrogens with one attached hydrogen (secondary N) is 1. The Bertz CT molecular complexity index is 769. The molecule has 130 valence electrons. The molecule has 1 fully saturated rings. The van der Waals surface area contributed by atoms with E-state index in [1.807, 2.05) is 11.6 Å². The first-order valence-corrected chi connectivity index (χ1v) is 9.56. The van der Waals surface area contributed by atoms with Crippen molar-refractivity contribution in [2.75, 3.05) is 0 Å². The second-order valence-corrected chi connectivity index (χ2v) is 7.40. The van der Waals surface area contributed by atoms with Crippen LogP contribution in [0.25, 0.3) is 0 Å². The summed E-state index contributed by atoms with van der Waals surface area (Å²) in [5.41, 5.74) is 2.86. The molecule has 2 aromatic rings. The van der Waals surface area contributed by atoms with Gasteiger partial charge in [0, 0.05) is 35.9 Å². The van der Waals surface area contributed by atoms with Gasteiger partial charge in [-0.3, -0.25) is 9.98 Å². The van der Waals surface area contributed by atoms with Crippen LogP contribution < -0.4 is 5.32 Å². The number of aliphatic imine (C=N–C) groups is 1. The van der Waals surface area contributed by atoms with E-state index in [0.717, 1.165) is 47.8 Å². The predicted octanol–water partition coefficient (Wildman–Crippen LogP) is 4.65. The van der Waals surface area contributed by atoms with E-state index in [9.17, 15) is 0 Å². The van der Waals surface area contributed by atoms with Crippen LogP contribution in [0, 0.1) is 0 Å². The van der Waals surface area contributed by atoms with Crippen molar-refractivity contribution in [3.8, 4) is 0 Å². The van der Waals surface area contributed by atoms with Gasteiger partial charge in [0.2, 0.25) is 0 Å². The minimum atomic E-state index is 0.0752. The minimum Gasteiger partial charge on any atom is -0.300 e. The molecule has 1 aliphatic rings. The first-order chi connectivity index (χ1) is 12.2. The molecule has 0 spiro atoms. The van der Waals surface area contributed by atoms with Crippen LogP contribution in [-0.2, 0) is 6.42 Å². The topological polar surface area (TPSA) is 50.2 Å². The molecule has 3 heterocycles. The van der Waals surface area contributed by atoms with E-state index in [1.165, 1.54) is 6.20 Å². The smallest absolute Gasteiger partial charge is 0.0984 e. The standard InChI is InChI=1S/C19H21ClN4S/c1-3-21-19(13(2)20)17-9-5-8-16(24-17)15-7-4-6-14(23-15)12-18-22-10-11-25-18/h3-4,6-7,10-11,16-17,24H,1-2,5,8-9,12H2. The number of hydrogen-bond acceptors (Lipinski definition) is 5. The van der Waals surface area contributed by atoms with Crippen LogP contribution in [0.5, 0.6) is 0 Å². The van der Waals surface area contributed by atoms with Gasteiger partial charge in [-0.1, -0.05) is 30.8 Å². The monoisotopic (exact) mass is 372 g/mol. The van der Waals surface area contributed by atoms with Crippen molar-refractivity contribution >= 4 is 28.6 Å². The molecule has 0 bridgehead atoms. The Balaban J connectivity index is 1.76. The summed E-state index contributed by atoms with van der Waals surface area (Å²) in [4.78, 5) is 13.5. The van der Waals surface area contributed by atoms with E-state index >= 15 is 0 Å². The zero-order chi connectivity index (χ0) is 17.6. The van der Waals surface area contributed by atoms with E-state index in [-0.39, 0.29) is 12.1 Å². The molecule has 1 saturated heterocycles. The maximum Gasteiger partial charge on any atom is 0.0984 e. The highest BCUT2D eigenvalue weighted by Gasteiger charge is 2.27. The summed E-state index contributed by atoms with van der Waals surface area (Å²) in [5, 5.41) is 7.16. The Morgan fingerprint density at radius 1 is 1.44 bits per heavy atom. The number of pyridine rings is 1. The summed E-state index contributed by atoms with van der Waals surface area (Å²) in [5.74, 6) is 0. The molecule has 6 heteroatoms. The summed E-state index contributed by atoms with van der Waals surface area (Å²) in [6, 6.07) is 6.45. The minimum absolute atomic E-state index is 0.0752. The molecule has 0 aliphatic carbocycles. The molecule has 0 amide bonds. The molecule has 0 radical (unpaired) electrons. The fourth-order valence-electron chi connectivity index (χ4n) is 3.12. The van der Waals surface area contributed by atoms with Crippen LogP contribution in [0.15, 0.2) is 59.2 Å². The molecule has 2 aromatic heterocycles. The van der Waals surface area contributed by atoms with Crippen molar-refractivity contribution < 1.29 is 0 Å². The van der Waals surface area contributed by atoms with E-state index in [0.29, 0.717) is 5.03 Å². The van der Waals surface area contributed by atoms with Crippen LogP contribution in [0.3, 0.4) is 0 Å². The first kappa shape index (κ1) is 18.0. The normalized spacial score (nSPS) is 21.1. The summed E-state index contributed by atoms with van der Waals surface area (Å²) >= 11 is 7.78. The van der Waals surface area contributed by atoms with Crippen LogP contribution in [-0.4, -0.2) is 21.7 Å². The summed E-state index contributed by atoms with van der Waals surface area (Å²) in [6.45, 7) is 7.50. The third kappa shape index (κ3) is 4.63. The van der Waals surface area contributed by atoms with Crippen LogP contribution in [0.4, 0.5) is 0 Å². The van der Waals surface area contributed by atoms with Gasteiger partial charge >= 0.3 is 0 Å². The fourth-order valence-corrected chi connectivity index (χ4v) is 3.93. The Hall–Kier alpha value is -1.82. The van der Waals surface area contributed by atoms with Gasteiger partial charge in [-0.05, 0) is 31.4 Å². The van der Waals surface area contributed by atoms with E-state index in [1.54, 1.807) is 11.3 Å². The average Bonchev–Trinajstić information content (AvgIpc) is 3.13. The van der Waals surface area contributed by atoms with Gasteiger partial charge in [0.15, 0.2) is 0 Å². The van der Waals surface area contributed by atoms with Gasteiger partial charge in [-0.15, -0.1) is 11.3 Å². The summed E-state index contributed by atoms with van der Waals surface area (Å²) in [6.07, 6.45) is 7.22. The summed E-state index contributed by atoms with van der Waals surface area (Å²) in [7, 11) is 0. The number of thiazole rings is 1. The van der Waals surface area contributed by atoms with E-state index in [4.69, 9.17) is 16.6 Å². The van der Waals surface area contributed by atoms with Crippen molar-refractivity contribution in [2.24, 2.45) is 4.99 Å². The number of piperidine rings is 1. The van der Waals surface area contributed by atoms with Crippen molar-refractivity contribution in [3.63, 3.8) is 0 Å². The number of nitrogens with zero attached hydrogens (tertiary/aromatic N) is 3.